The van der Waals surface area contributed by atoms with E-state index >= 15 is 0 Å². The fraction of sp³-hybridized carbons (Fsp3) is 0.625. The van der Waals surface area contributed by atoms with Crippen LogP contribution in [-0.4, -0.2) is 18.9 Å². The molecule has 0 aliphatic carbocycles. The molecule has 0 saturated carbocycles. The SMILES string of the molecule is CCOC1OC=C2OC(=O)CC21. The Bertz CT molecular complexity index is 233. The summed E-state index contributed by atoms with van der Waals surface area (Å²) < 4.78 is 15.3. The first-order chi connectivity index (χ1) is 5.81. The molecule has 0 spiro atoms. The van der Waals surface area contributed by atoms with Gasteiger partial charge in [-0.1, -0.05) is 0 Å². The van der Waals surface area contributed by atoms with Gasteiger partial charge in [-0.15, -0.1) is 0 Å². The van der Waals surface area contributed by atoms with E-state index in [1.165, 1.54) is 6.26 Å². The molecule has 2 aliphatic rings. The van der Waals surface area contributed by atoms with Crippen LogP contribution in [-0.2, 0) is 19.0 Å². The number of ether oxygens (including phenoxy) is 3. The minimum Gasteiger partial charge on any atom is -0.468 e. The molecule has 1 fully saturated rings. The quantitative estimate of drug-likeness (QED) is 0.574. The molecule has 0 N–H and O–H groups in total. The first kappa shape index (κ1) is 7.61. The summed E-state index contributed by atoms with van der Waals surface area (Å²) in [7, 11) is 0. The van der Waals surface area contributed by atoms with Crippen LogP contribution in [0.25, 0.3) is 0 Å². The van der Waals surface area contributed by atoms with Crippen molar-refractivity contribution < 1.29 is 19.0 Å². The molecule has 2 aliphatic heterocycles. The average Bonchev–Trinajstić information content (AvgIpc) is 2.52. The first-order valence-corrected chi connectivity index (χ1v) is 3.99. The highest BCUT2D eigenvalue weighted by molar-refractivity contribution is 5.74. The Labute approximate surface area is 70.1 Å². The molecule has 2 heterocycles. The van der Waals surface area contributed by atoms with Gasteiger partial charge < -0.3 is 14.2 Å². The molecule has 2 rings (SSSR count). The number of fused-ring (bicyclic) bond motifs is 1. The molecule has 0 aromatic rings. The molecule has 4 heteroatoms. The van der Waals surface area contributed by atoms with Crippen LogP contribution >= 0.6 is 0 Å². The second-order valence-corrected chi connectivity index (χ2v) is 2.76. The Morgan fingerprint density at radius 1 is 1.75 bits per heavy atom. The predicted octanol–water partition coefficient (Wildman–Crippen LogP) is 0.784. The largest absolute Gasteiger partial charge is 0.468 e. The maximum absolute atomic E-state index is 10.8. The summed E-state index contributed by atoms with van der Waals surface area (Å²) in [4.78, 5) is 10.8. The number of hydrogen-bond donors (Lipinski definition) is 0. The minimum atomic E-state index is -0.323. The third-order valence-electron chi connectivity index (χ3n) is 1.96. The van der Waals surface area contributed by atoms with Crippen LogP contribution in [0.3, 0.4) is 0 Å². The normalized spacial score (nSPS) is 32.4. The van der Waals surface area contributed by atoms with E-state index in [-0.39, 0.29) is 18.2 Å². The van der Waals surface area contributed by atoms with Crippen molar-refractivity contribution in [1.29, 1.82) is 0 Å². The summed E-state index contributed by atoms with van der Waals surface area (Å²) in [5.41, 5.74) is 0. The van der Waals surface area contributed by atoms with Crippen molar-refractivity contribution in [2.45, 2.75) is 19.6 Å². The molecule has 0 aromatic heterocycles. The van der Waals surface area contributed by atoms with Crippen LogP contribution in [0.1, 0.15) is 13.3 Å². The maximum atomic E-state index is 10.8. The molecule has 1 saturated heterocycles. The van der Waals surface area contributed by atoms with Gasteiger partial charge in [0.1, 0.15) is 6.26 Å². The van der Waals surface area contributed by atoms with Gasteiger partial charge in [-0.3, -0.25) is 4.79 Å². The number of carbonyl (C=O) groups is 1. The molecule has 0 aromatic carbocycles. The van der Waals surface area contributed by atoms with Crippen molar-refractivity contribution in [3.05, 3.63) is 12.0 Å². The third-order valence-corrected chi connectivity index (χ3v) is 1.96. The minimum absolute atomic E-state index is 0.0163. The fourth-order valence-corrected chi connectivity index (χ4v) is 1.42. The van der Waals surface area contributed by atoms with Crippen LogP contribution in [0.2, 0.25) is 0 Å². The third kappa shape index (κ3) is 1.08. The smallest absolute Gasteiger partial charge is 0.311 e. The van der Waals surface area contributed by atoms with E-state index in [4.69, 9.17) is 14.2 Å². The van der Waals surface area contributed by atoms with E-state index < -0.39 is 0 Å². The molecule has 0 radical (unpaired) electrons. The first-order valence-electron chi connectivity index (χ1n) is 3.99. The van der Waals surface area contributed by atoms with Gasteiger partial charge in [0.05, 0.1) is 12.3 Å². The summed E-state index contributed by atoms with van der Waals surface area (Å²) in [6, 6.07) is 0. The molecule has 0 amide bonds. The van der Waals surface area contributed by atoms with Gasteiger partial charge in [0.25, 0.3) is 0 Å². The maximum Gasteiger partial charge on any atom is 0.311 e. The van der Waals surface area contributed by atoms with E-state index in [1.54, 1.807) is 0 Å². The van der Waals surface area contributed by atoms with Crippen molar-refractivity contribution >= 4 is 5.97 Å². The summed E-state index contributed by atoms with van der Waals surface area (Å²) in [5.74, 6) is 0.398. The van der Waals surface area contributed by atoms with Crippen molar-refractivity contribution in [2.24, 2.45) is 5.92 Å². The highest BCUT2D eigenvalue weighted by Crippen LogP contribution is 2.35. The molecule has 2 unspecified atom stereocenters. The Morgan fingerprint density at radius 2 is 2.58 bits per heavy atom. The van der Waals surface area contributed by atoms with Gasteiger partial charge in [0.2, 0.25) is 6.29 Å². The molecule has 0 bridgehead atoms. The predicted molar refractivity (Wildman–Crippen MR) is 38.8 cm³/mol. The molecule has 4 nitrogen and oxygen atoms in total. The fourth-order valence-electron chi connectivity index (χ4n) is 1.42. The summed E-state index contributed by atoms with van der Waals surface area (Å²) in [6.45, 7) is 2.47. The lowest BCUT2D eigenvalue weighted by atomic mass is 10.1. The van der Waals surface area contributed by atoms with E-state index in [0.29, 0.717) is 18.8 Å². The van der Waals surface area contributed by atoms with Crippen LogP contribution in [0.15, 0.2) is 12.0 Å². The second-order valence-electron chi connectivity index (χ2n) is 2.76. The van der Waals surface area contributed by atoms with Gasteiger partial charge in [-0.05, 0) is 6.92 Å². The van der Waals surface area contributed by atoms with Crippen LogP contribution < -0.4 is 0 Å². The van der Waals surface area contributed by atoms with Crippen LogP contribution in [0.5, 0.6) is 0 Å². The standard InChI is InChI=1S/C8H10O4/c1-2-10-8-5-3-7(9)12-6(5)4-11-8/h4-5,8H,2-3H2,1H3. The van der Waals surface area contributed by atoms with Crippen LogP contribution in [0.4, 0.5) is 0 Å². The Morgan fingerprint density at radius 3 is 3.33 bits per heavy atom. The lowest BCUT2D eigenvalue weighted by Crippen LogP contribution is -2.20. The van der Waals surface area contributed by atoms with Gasteiger partial charge >= 0.3 is 5.97 Å². The average molecular weight is 170 g/mol. The molecular weight excluding hydrogens is 160 g/mol. The van der Waals surface area contributed by atoms with Crippen molar-refractivity contribution in [3.8, 4) is 0 Å². The molecule has 2 atom stereocenters. The van der Waals surface area contributed by atoms with Crippen molar-refractivity contribution in [2.75, 3.05) is 6.61 Å². The number of hydrogen-bond acceptors (Lipinski definition) is 4. The summed E-state index contributed by atoms with van der Waals surface area (Å²) in [5, 5.41) is 0. The van der Waals surface area contributed by atoms with Gasteiger partial charge in [0, 0.05) is 6.61 Å². The lowest BCUT2D eigenvalue weighted by Gasteiger charge is -2.13. The Hall–Kier alpha value is -1.03. The molecule has 66 valence electrons. The van der Waals surface area contributed by atoms with Gasteiger partial charge in [-0.2, -0.15) is 0 Å². The zero-order chi connectivity index (χ0) is 8.55. The van der Waals surface area contributed by atoms with Gasteiger partial charge in [-0.25, -0.2) is 0 Å². The monoisotopic (exact) mass is 170 g/mol. The Balaban J connectivity index is 2.04. The number of esters is 1. The zero-order valence-electron chi connectivity index (χ0n) is 6.78. The molecular formula is C8H10O4. The van der Waals surface area contributed by atoms with E-state index in [0.717, 1.165) is 0 Å². The second kappa shape index (κ2) is 2.79. The zero-order valence-corrected chi connectivity index (χ0v) is 6.78. The van der Waals surface area contributed by atoms with Crippen molar-refractivity contribution in [1.82, 2.24) is 0 Å². The van der Waals surface area contributed by atoms with Crippen LogP contribution in [0, 0.1) is 5.92 Å². The Kier molecular flexibility index (Phi) is 1.77. The summed E-state index contributed by atoms with van der Waals surface area (Å²) in [6.07, 6.45) is 1.52. The lowest BCUT2D eigenvalue weighted by molar-refractivity contribution is -0.138. The number of carbonyl (C=O) groups excluding carboxylic acids is 1. The topological polar surface area (TPSA) is 44.8 Å². The highest BCUT2D eigenvalue weighted by atomic mass is 16.7. The highest BCUT2D eigenvalue weighted by Gasteiger charge is 2.42. The van der Waals surface area contributed by atoms with Crippen molar-refractivity contribution in [3.63, 3.8) is 0 Å². The van der Waals surface area contributed by atoms with E-state index in [2.05, 4.69) is 0 Å². The molecule has 12 heavy (non-hydrogen) atoms. The van der Waals surface area contributed by atoms with E-state index in [1.807, 2.05) is 6.92 Å². The van der Waals surface area contributed by atoms with Gasteiger partial charge in [0.15, 0.2) is 5.76 Å². The number of rotatable bonds is 2. The summed E-state index contributed by atoms with van der Waals surface area (Å²) >= 11 is 0. The van der Waals surface area contributed by atoms with E-state index in [9.17, 15) is 4.79 Å².